The third-order valence-corrected chi connectivity index (χ3v) is 5.18. The third-order valence-electron chi connectivity index (χ3n) is 5.18. The molecule has 1 aliphatic heterocycles. The Morgan fingerprint density at radius 1 is 1.35 bits per heavy atom. The average Bonchev–Trinajstić information content (AvgIpc) is 2.48. The maximum atomic E-state index is 11.0. The standard InChI is InChI=1S/C17H27NO2/c1-5-16(2,19)17(9-11-18(3)12-10-17)14-7-6-8-15(13-14)20-4/h6-8,13,19H,5,9-12H2,1-4H3. The molecular weight excluding hydrogens is 250 g/mol. The van der Waals surface area contributed by atoms with Crippen molar-refractivity contribution in [1.82, 2.24) is 4.90 Å². The van der Waals surface area contributed by atoms with E-state index in [2.05, 4.69) is 31.0 Å². The zero-order chi connectivity index (χ0) is 14.8. The Morgan fingerprint density at radius 3 is 2.55 bits per heavy atom. The lowest BCUT2D eigenvalue weighted by atomic mass is 9.61. The molecule has 0 radical (unpaired) electrons. The van der Waals surface area contributed by atoms with E-state index in [9.17, 15) is 5.11 Å². The third kappa shape index (κ3) is 2.57. The number of nitrogens with zero attached hydrogens (tertiary/aromatic N) is 1. The van der Waals surface area contributed by atoms with E-state index in [1.165, 1.54) is 5.56 Å². The van der Waals surface area contributed by atoms with Crippen LogP contribution in [0.2, 0.25) is 0 Å². The molecule has 0 bridgehead atoms. The lowest BCUT2D eigenvalue weighted by Crippen LogP contribution is -2.54. The summed E-state index contributed by atoms with van der Waals surface area (Å²) in [6.07, 6.45) is 2.73. The summed E-state index contributed by atoms with van der Waals surface area (Å²) in [5, 5.41) is 11.0. The van der Waals surface area contributed by atoms with E-state index in [1.807, 2.05) is 19.1 Å². The minimum Gasteiger partial charge on any atom is -0.497 e. The number of ether oxygens (including phenoxy) is 1. The molecular formula is C17H27NO2. The van der Waals surface area contributed by atoms with Gasteiger partial charge in [-0.15, -0.1) is 0 Å². The molecule has 0 aliphatic carbocycles. The van der Waals surface area contributed by atoms with Crippen LogP contribution in [0.15, 0.2) is 24.3 Å². The van der Waals surface area contributed by atoms with Crippen molar-refractivity contribution in [1.29, 1.82) is 0 Å². The number of methoxy groups -OCH3 is 1. The van der Waals surface area contributed by atoms with Crippen LogP contribution >= 0.6 is 0 Å². The van der Waals surface area contributed by atoms with Crippen molar-refractivity contribution in [3.8, 4) is 5.75 Å². The summed E-state index contributed by atoms with van der Waals surface area (Å²) in [6.45, 7) is 6.10. The normalized spacial score (nSPS) is 22.2. The number of benzene rings is 1. The fraction of sp³-hybridized carbons (Fsp3) is 0.647. The molecule has 1 aromatic rings. The van der Waals surface area contributed by atoms with Crippen LogP contribution in [0.5, 0.6) is 5.75 Å². The van der Waals surface area contributed by atoms with Crippen LogP contribution < -0.4 is 4.74 Å². The molecule has 3 heteroatoms. The first-order valence-corrected chi connectivity index (χ1v) is 7.50. The van der Waals surface area contributed by atoms with Crippen LogP contribution in [0.3, 0.4) is 0 Å². The minimum absolute atomic E-state index is 0.178. The molecule has 1 atom stereocenters. The predicted octanol–water partition coefficient (Wildman–Crippen LogP) is 2.82. The first-order valence-electron chi connectivity index (χ1n) is 7.50. The molecule has 1 unspecified atom stereocenters. The van der Waals surface area contributed by atoms with Crippen molar-refractivity contribution in [3.05, 3.63) is 29.8 Å². The Bertz CT molecular complexity index is 448. The summed E-state index contributed by atoms with van der Waals surface area (Å²) < 4.78 is 5.37. The second-order valence-corrected chi connectivity index (χ2v) is 6.24. The van der Waals surface area contributed by atoms with Crippen LogP contribution in [-0.4, -0.2) is 42.9 Å². The molecule has 0 amide bonds. The number of hydrogen-bond donors (Lipinski definition) is 1. The molecule has 3 nitrogen and oxygen atoms in total. The van der Waals surface area contributed by atoms with E-state index in [0.29, 0.717) is 0 Å². The van der Waals surface area contributed by atoms with Crippen molar-refractivity contribution in [2.75, 3.05) is 27.2 Å². The van der Waals surface area contributed by atoms with Gasteiger partial charge in [0.15, 0.2) is 0 Å². The quantitative estimate of drug-likeness (QED) is 0.918. The van der Waals surface area contributed by atoms with Gasteiger partial charge in [0.1, 0.15) is 5.75 Å². The molecule has 1 aliphatic rings. The van der Waals surface area contributed by atoms with E-state index in [4.69, 9.17) is 4.74 Å². The molecule has 1 fully saturated rings. The highest BCUT2D eigenvalue weighted by Gasteiger charge is 2.48. The second kappa shape index (κ2) is 5.74. The summed E-state index contributed by atoms with van der Waals surface area (Å²) in [5.41, 5.74) is 0.334. The van der Waals surface area contributed by atoms with Gasteiger partial charge in [0.2, 0.25) is 0 Å². The van der Waals surface area contributed by atoms with Gasteiger partial charge >= 0.3 is 0 Å². The van der Waals surface area contributed by atoms with Gasteiger partial charge in [-0.3, -0.25) is 0 Å². The van der Waals surface area contributed by atoms with Gasteiger partial charge in [0.05, 0.1) is 12.7 Å². The van der Waals surface area contributed by atoms with Gasteiger partial charge in [-0.05, 0) is 64.0 Å². The lowest BCUT2D eigenvalue weighted by Gasteiger charge is -2.50. The summed E-state index contributed by atoms with van der Waals surface area (Å²) in [5.74, 6) is 0.868. The number of piperidine rings is 1. The highest BCUT2D eigenvalue weighted by Crippen LogP contribution is 2.46. The molecule has 2 rings (SSSR count). The number of likely N-dealkylation sites (tertiary alicyclic amines) is 1. The first-order chi connectivity index (χ1) is 9.45. The van der Waals surface area contributed by atoms with E-state index < -0.39 is 5.60 Å². The van der Waals surface area contributed by atoms with Crippen LogP contribution in [-0.2, 0) is 5.41 Å². The van der Waals surface area contributed by atoms with E-state index in [0.717, 1.165) is 38.1 Å². The van der Waals surface area contributed by atoms with E-state index in [-0.39, 0.29) is 5.41 Å². The van der Waals surface area contributed by atoms with Gasteiger partial charge in [-0.2, -0.15) is 0 Å². The fourth-order valence-electron chi connectivity index (χ4n) is 3.40. The highest BCUT2D eigenvalue weighted by molar-refractivity contribution is 5.37. The van der Waals surface area contributed by atoms with Crippen molar-refractivity contribution < 1.29 is 9.84 Å². The Hall–Kier alpha value is -1.06. The maximum Gasteiger partial charge on any atom is 0.119 e. The smallest absolute Gasteiger partial charge is 0.119 e. The molecule has 112 valence electrons. The summed E-state index contributed by atoms with van der Waals surface area (Å²) >= 11 is 0. The number of rotatable bonds is 4. The monoisotopic (exact) mass is 277 g/mol. The number of hydrogen-bond acceptors (Lipinski definition) is 3. The van der Waals surface area contributed by atoms with Crippen LogP contribution in [0, 0.1) is 0 Å². The topological polar surface area (TPSA) is 32.7 Å². The second-order valence-electron chi connectivity index (χ2n) is 6.24. The van der Waals surface area contributed by atoms with Crippen molar-refractivity contribution >= 4 is 0 Å². The SMILES string of the molecule is CCC(C)(O)C1(c2cccc(OC)c2)CCN(C)CC1. The van der Waals surface area contributed by atoms with Gasteiger partial charge in [0, 0.05) is 5.41 Å². The van der Waals surface area contributed by atoms with Gasteiger partial charge in [-0.25, -0.2) is 0 Å². The summed E-state index contributed by atoms with van der Waals surface area (Å²) in [6, 6.07) is 8.22. The Morgan fingerprint density at radius 2 is 2.00 bits per heavy atom. The highest BCUT2D eigenvalue weighted by atomic mass is 16.5. The molecule has 1 saturated heterocycles. The Labute approximate surface area is 122 Å². The molecule has 1 heterocycles. The van der Waals surface area contributed by atoms with Crippen LogP contribution in [0.25, 0.3) is 0 Å². The predicted molar refractivity (Wildman–Crippen MR) is 82.3 cm³/mol. The zero-order valence-corrected chi connectivity index (χ0v) is 13.1. The number of aliphatic hydroxyl groups is 1. The fourth-order valence-corrected chi connectivity index (χ4v) is 3.40. The Kier molecular flexibility index (Phi) is 4.40. The average molecular weight is 277 g/mol. The maximum absolute atomic E-state index is 11.0. The summed E-state index contributed by atoms with van der Waals surface area (Å²) in [4.78, 5) is 2.34. The lowest BCUT2D eigenvalue weighted by molar-refractivity contribution is -0.0536. The summed E-state index contributed by atoms with van der Waals surface area (Å²) in [7, 11) is 3.84. The zero-order valence-electron chi connectivity index (χ0n) is 13.1. The van der Waals surface area contributed by atoms with Crippen molar-refractivity contribution in [2.45, 2.75) is 44.1 Å². The molecule has 1 N–H and O–H groups in total. The van der Waals surface area contributed by atoms with E-state index in [1.54, 1.807) is 7.11 Å². The minimum atomic E-state index is -0.694. The van der Waals surface area contributed by atoms with Crippen molar-refractivity contribution in [3.63, 3.8) is 0 Å². The van der Waals surface area contributed by atoms with Crippen molar-refractivity contribution in [2.24, 2.45) is 0 Å². The largest absolute Gasteiger partial charge is 0.497 e. The molecule has 0 saturated carbocycles. The first kappa shape index (κ1) is 15.3. The molecule has 0 spiro atoms. The van der Waals surface area contributed by atoms with Gasteiger partial charge < -0.3 is 14.7 Å². The van der Waals surface area contributed by atoms with Gasteiger partial charge in [-0.1, -0.05) is 19.1 Å². The molecule has 1 aromatic carbocycles. The van der Waals surface area contributed by atoms with Gasteiger partial charge in [0.25, 0.3) is 0 Å². The van der Waals surface area contributed by atoms with Crippen LogP contribution in [0.4, 0.5) is 0 Å². The molecule has 20 heavy (non-hydrogen) atoms. The van der Waals surface area contributed by atoms with E-state index >= 15 is 0 Å². The molecule has 0 aromatic heterocycles. The Balaban J connectivity index is 2.46. The van der Waals surface area contributed by atoms with Crippen LogP contribution in [0.1, 0.15) is 38.7 Å².